The molecule has 0 bridgehead atoms. The topological polar surface area (TPSA) is 115 Å². The number of aromatic nitrogens is 3. The third kappa shape index (κ3) is 4.57. The molecule has 5 rings (SSSR count). The maximum atomic E-state index is 13.9. The highest BCUT2D eigenvalue weighted by Gasteiger charge is 2.40. The van der Waals surface area contributed by atoms with Gasteiger partial charge >= 0.3 is 5.91 Å². The van der Waals surface area contributed by atoms with Gasteiger partial charge in [-0.15, -0.1) is 5.10 Å². The maximum Gasteiger partial charge on any atom is 0.301 e. The van der Waals surface area contributed by atoms with E-state index in [-0.39, 0.29) is 47.4 Å². The fraction of sp³-hybridized carbons (Fsp3) is 0.304. The first-order chi connectivity index (χ1) is 17.7. The molecule has 2 aliphatic heterocycles. The molecule has 0 N–H and O–H groups in total. The lowest BCUT2D eigenvalue weighted by Crippen LogP contribution is -2.39. The normalized spacial score (nSPS) is 18.0. The van der Waals surface area contributed by atoms with Crippen molar-refractivity contribution in [3.63, 3.8) is 0 Å². The molecular weight excluding hydrogens is 515 g/mol. The zero-order chi connectivity index (χ0) is 26.3. The Morgan fingerprint density at radius 2 is 1.92 bits per heavy atom. The summed E-state index contributed by atoms with van der Waals surface area (Å²) >= 11 is 0. The van der Waals surface area contributed by atoms with Gasteiger partial charge in [-0.1, -0.05) is 5.21 Å². The van der Waals surface area contributed by atoms with E-state index in [1.54, 1.807) is 0 Å². The van der Waals surface area contributed by atoms with E-state index in [4.69, 9.17) is 4.74 Å². The van der Waals surface area contributed by atoms with Crippen molar-refractivity contribution in [1.29, 1.82) is 0 Å². The van der Waals surface area contributed by atoms with Crippen LogP contribution in [-0.4, -0.2) is 58.6 Å². The minimum Gasteiger partial charge on any atom is -0.489 e. The number of benzene rings is 2. The second-order valence-corrected chi connectivity index (χ2v) is 10.5. The zero-order valence-corrected chi connectivity index (χ0v) is 20.0. The van der Waals surface area contributed by atoms with Crippen LogP contribution in [0.4, 0.5) is 18.9 Å². The number of amides is 1. The van der Waals surface area contributed by atoms with Crippen LogP contribution in [0.15, 0.2) is 47.5 Å². The monoisotopic (exact) mass is 535 g/mol. The van der Waals surface area contributed by atoms with Gasteiger partial charge in [0.25, 0.3) is 5.78 Å². The molecule has 1 amide bonds. The lowest BCUT2D eigenvalue weighted by Gasteiger charge is -2.24. The van der Waals surface area contributed by atoms with E-state index in [1.807, 2.05) is 0 Å². The second kappa shape index (κ2) is 9.59. The Labute approximate surface area is 209 Å². The summed E-state index contributed by atoms with van der Waals surface area (Å²) in [6.07, 6.45) is 2.28. The second-order valence-electron chi connectivity index (χ2n) is 8.56. The van der Waals surface area contributed by atoms with E-state index in [1.165, 1.54) is 27.3 Å². The van der Waals surface area contributed by atoms with Crippen molar-refractivity contribution in [3.8, 4) is 5.75 Å². The van der Waals surface area contributed by atoms with Crippen LogP contribution >= 0.6 is 0 Å². The molecule has 1 fully saturated rings. The Balaban J connectivity index is 1.36. The molecule has 3 aromatic rings. The lowest BCUT2D eigenvalue weighted by atomic mass is 10.1. The minimum absolute atomic E-state index is 0.0611. The van der Waals surface area contributed by atoms with Crippen LogP contribution < -0.4 is 9.64 Å². The number of hydrogen-bond donors (Lipinski definition) is 0. The Morgan fingerprint density at radius 3 is 2.65 bits per heavy atom. The molecule has 14 heteroatoms. The highest BCUT2D eigenvalue weighted by molar-refractivity contribution is 7.89. The summed E-state index contributed by atoms with van der Waals surface area (Å²) in [5.74, 6) is -3.62. The number of carbonyl (C=O) groups excluding carboxylic acids is 2. The van der Waals surface area contributed by atoms with Crippen molar-refractivity contribution in [2.24, 2.45) is 0 Å². The lowest BCUT2D eigenvalue weighted by molar-refractivity contribution is -0.114. The van der Waals surface area contributed by atoms with Gasteiger partial charge in [0.05, 0.1) is 28.4 Å². The van der Waals surface area contributed by atoms with E-state index in [0.29, 0.717) is 18.9 Å². The summed E-state index contributed by atoms with van der Waals surface area (Å²) in [4.78, 5) is 26.2. The Bertz CT molecular complexity index is 1500. The first-order valence-electron chi connectivity index (χ1n) is 11.2. The van der Waals surface area contributed by atoms with Crippen molar-refractivity contribution in [1.82, 2.24) is 19.3 Å². The molecule has 0 unspecified atom stereocenters. The number of carbonyl (C=O) groups is 2. The number of sulfonamides is 1. The number of ether oxygens (including phenoxy) is 1. The van der Waals surface area contributed by atoms with Gasteiger partial charge in [-0.3, -0.25) is 14.5 Å². The van der Waals surface area contributed by atoms with Crippen molar-refractivity contribution < 1.29 is 35.9 Å². The summed E-state index contributed by atoms with van der Waals surface area (Å²) in [5, 5.41) is 7.31. The Kier molecular flexibility index (Phi) is 6.45. The van der Waals surface area contributed by atoms with Crippen LogP contribution in [-0.2, 0) is 28.2 Å². The molecule has 2 aromatic carbocycles. The minimum atomic E-state index is -4.10. The highest BCUT2D eigenvalue weighted by Crippen LogP contribution is 2.34. The van der Waals surface area contributed by atoms with Crippen LogP contribution in [0.5, 0.6) is 5.75 Å². The number of anilines is 1. The van der Waals surface area contributed by atoms with E-state index in [2.05, 4.69) is 10.3 Å². The molecule has 1 saturated heterocycles. The summed E-state index contributed by atoms with van der Waals surface area (Å²) in [5.41, 5.74) is 0.169. The van der Waals surface area contributed by atoms with Crippen LogP contribution in [0.3, 0.4) is 0 Å². The molecule has 10 nitrogen and oxygen atoms in total. The SMILES string of the molecule is O=C1C(=O)N(Cn2cc(CF)nn2)c2ccc(S(=O)(=O)N3CCC[C@H]3COc3ccc(F)cc3F)cc21. The first-order valence-corrected chi connectivity index (χ1v) is 12.7. The molecule has 1 atom stereocenters. The number of ketones is 1. The van der Waals surface area contributed by atoms with Crippen molar-refractivity contribution in [2.75, 3.05) is 18.1 Å². The largest absolute Gasteiger partial charge is 0.489 e. The van der Waals surface area contributed by atoms with E-state index in [0.717, 1.165) is 23.1 Å². The number of nitrogens with zero attached hydrogens (tertiary/aromatic N) is 5. The van der Waals surface area contributed by atoms with Crippen molar-refractivity contribution in [2.45, 2.75) is 37.1 Å². The summed E-state index contributed by atoms with van der Waals surface area (Å²) in [6, 6.07) is 6.02. The predicted molar refractivity (Wildman–Crippen MR) is 122 cm³/mol. The highest BCUT2D eigenvalue weighted by atomic mass is 32.2. The van der Waals surface area contributed by atoms with Crippen molar-refractivity contribution >= 4 is 27.4 Å². The van der Waals surface area contributed by atoms with E-state index < -0.39 is 46.1 Å². The number of fused-ring (bicyclic) bond motifs is 1. The zero-order valence-electron chi connectivity index (χ0n) is 19.2. The van der Waals surface area contributed by atoms with Crippen LogP contribution in [0, 0.1) is 11.6 Å². The van der Waals surface area contributed by atoms with Gasteiger partial charge in [0.15, 0.2) is 11.6 Å². The quantitative estimate of drug-likeness (QED) is 0.407. The number of hydrogen-bond acceptors (Lipinski definition) is 7. The number of halogens is 3. The average molecular weight is 536 g/mol. The summed E-state index contributed by atoms with van der Waals surface area (Å²) in [6.45, 7) is -1.02. The fourth-order valence-corrected chi connectivity index (χ4v) is 6.11. The summed E-state index contributed by atoms with van der Waals surface area (Å²) in [7, 11) is -4.10. The van der Waals surface area contributed by atoms with Crippen LogP contribution in [0.25, 0.3) is 0 Å². The van der Waals surface area contributed by atoms with E-state index in [9.17, 15) is 31.2 Å². The molecule has 0 radical (unpaired) electrons. The third-order valence-electron chi connectivity index (χ3n) is 6.21. The molecule has 1 aromatic heterocycles. The Morgan fingerprint density at radius 1 is 1.11 bits per heavy atom. The molecule has 37 heavy (non-hydrogen) atoms. The number of Topliss-reactive ketones (excluding diaryl/α,β-unsaturated/α-hetero) is 1. The molecule has 2 aliphatic rings. The standard InChI is InChI=1S/C23H20F3N5O5S/c24-10-15-11-29(28-27-15)13-30-20-5-4-17(9-18(20)22(32)23(30)33)37(34,35)31-7-1-2-16(31)12-36-21-6-3-14(25)8-19(21)26/h3-6,8-9,11,16H,1-2,7,10,12-13H2/t16-/m0/s1. The molecular formula is C23H20F3N5O5S. The van der Waals surface area contributed by atoms with Crippen LogP contribution in [0.1, 0.15) is 28.9 Å². The first kappa shape index (κ1) is 24.9. The number of alkyl halides is 1. The third-order valence-corrected chi connectivity index (χ3v) is 8.15. The number of rotatable bonds is 8. The van der Waals surface area contributed by atoms with Crippen LogP contribution in [0.2, 0.25) is 0 Å². The average Bonchev–Trinajstić information content (AvgIpc) is 3.59. The van der Waals surface area contributed by atoms with Gasteiger partial charge in [-0.05, 0) is 43.2 Å². The fourth-order valence-electron chi connectivity index (χ4n) is 4.40. The van der Waals surface area contributed by atoms with Gasteiger partial charge in [0, 0.05) is 12.6 Å². The molecule has 0 spiro atoms. The van der Waals surface area contributed by atoms with Gasteiger partial charge in [-0.25, -0.2) is 26.3 Å². The molecule has 0 aliphatic carbocycles. The van der Waals surface area contributed by atoms with Gasteiger partial charge in [0.2, 0.25) is 10.0 Å². The van der Waals surface area contributed by atoms with Gasteiger partial charge in [-0.2, -0.15) is 4.31 Å². The smallest absolute Gasteiger partial charge is 0.301 e. The van der Waals surface area contributed by atoms with Gasteiger partial charge in [0.1, 0.15) is 31.5 Å². The Hall–Kier alpha value is -3.78. The predicted octanol–water partition coefficient (Wildman–Crippen LogP) is 2.44. The molecule has 3 heterocycles. The maximum absolute atomic E-state index is 13.9. The van der Waals surface area contributed by atoms with E-state index >= 15 is 0 Å². The molecule has 0 saturated carbocycles. The molecule has 194 valence electrons. The van der Waals surface area contributed by atoms with Gasteiger partial charge < -0.3 is 4.74 Å². The van der Waals surface area contributed by atoms with Crippen molar-refractivity contribution in [3.05, 3.63) is 65.5 Å². The summed E-state index contributed by atoms with van der Waals surface area (Å²) < 4.78 is 74.5.